The highest BCUT2D eigenvalue weighted by molar-refractivity contribution is 9.10. The minimum atomic E-state index is -0.542. The van der Waals surface area contributed by atoms with E-state index in [1.807, 2.05) is 12.1 Å². The number of nitrogens with one attached hydrogen (secondary N) is 1. The number of hydrogen-bond acceptors (Lipinski definition) is 5. The molecule has 1 heterocycles. The summed E-state index contributed by atoms with van der Waals surface area (Å²) in [5, 5.41) is 2.54. The van der Waals surface area contributed by atoms with E-state index < -0.39 is 6.09 Å². The number of benzene rings is 1. The van der Waals surface area contributed by atoms with Crippen LogP contribution in [0.4, 0.5) is 4.79 Å². The van der Waals surface area contributed by atoms with E-state index in [2.05, 4.69) is 26.2 Å². The van der Waals surface area contributed by atoms with Crippen LogP contribution in [-0.2, 0) is 22.3 Å². The Morgan fingerprint density at radius 3 is 3.04 bits per heavy atom. The van der Waals surface area contributed by atoms with Crippen LogP contribution in [0.25, 0.3) is 0 Å². The van der Waals surface area contributed by atoms with Crippen LogP contribution in [0, 0.1) is 0 Å². The third-order valence-electron chi connectivity index (χ3n) is 4.20. The molecule has 23 heavy (non-hydrogen) atoms. The average Bonchev–Trinajstić information content (AvgIpc) is 2.90. The van der Waals surface area contributed by atoms with Gasteiger partial charge in [-0.05, 0) is 37.5 Å². The molecule has 0 bridgehead atoms. The number of alkyl carbamates (subject to hydrolysis) is 1. The molecule has 1 aromatic carbocycles. The fourth-order valence-corrected chi connectivity index (χ4v) is 3.66. The molecule has 1 aliphatic heterocycles. The van der Waals surface area contributed by atoms with Crippen LogP contribution in [0.2, 0.25) is 0 Å². The van der Waals surface area contributed by atoms with Crippen LogP contribution in [-0.4, -0.2) is 38.0 Å². The Hall–Kier alpha value is -1.76. The number of ether oxygens (including phenoxy) is 3. The molecule has 0 radical (unpaired) electrons. The Bertz CT molecular complexity index is 662. The smallest absolute Gasteiger partial charge is 0.415 e. The highest BCUT2D eigenvalue weighted by Gasteiger charge is 2.41. The zero-order chi connectivity index (χ0) is 16.4. The Balaban J connectivity index is 1.83. The largest absolute Gasteiger partial charge is 0.496 e. The molecule has 1 atom stereocenters. The van der Waals surface area contributed by atoms with Crippen LogP contribution in [0.3, 0.4) is 0 Å². The van der Waals surface area contributed by atoms with Crippen molar-refractivity contribution in [2.75, 3.05) is 20.3 Å². The molecular weight excluding hydrogens is 364 g/mol. The van der Waals surface area contributed by atoms with Gasteiger partial charge in [0.2, 0.25) is 0 Å². The first-order chi connectivity index (χ1) is 11.1. The van der Waals surface area contributed by atoms with Crippen molar-refractivity contribution in [1.82, 2.24) is 5.32 Å². The summed E-state index contributed by atoms with van der Waals surface area (Å²) < 4.78 is 17.0. The number of nitrogens with zero attached hydrogens (tertiary/aromatic N) is 1. The van der Waals surface area contributed by atoms with Crippen molar-refractivity contribution in [3.05, 3.63) is 27.7 Å². The van der Waals surface area contributed by atoms with Gasteiger partial charge in [0.1, 0.15) is 17.9 Å². The second-order valence-electron chi connectivity index (χ2n) is 5.66. The summed E-state index contributed by atoms with van der Waals surface area (Å²) in [5.74, 6) is 0.865. The van der Waals surface area contributed by atoms with Crippen molar-refractivity contribution in [3.63, 3.8) is 0 Å². The highest BCUT2D eigenvalue weighted by Crippen LogP contribution is 2.41. The van der Waals surface area contributed by atoms with E-state index in [1.54, 1.807) is 14.0 Å². The number of fused-ring (bicyclic) bond motifs is 1. The lowest BCUT2D eigenvalue weighted by molar-refractivity contribution is 0.154. The van der Waals surface area contributed by atoms with Gasteiger partial charge in [0.25, 0.3) is 6.02 Å². The molecule has 0 fully saturated rings. The van der Waals surface area contributed by atoms with Gasteiger partial charge < -0.3 is 14.2 Å². The van der Waals surface area contributed by atoms with E-state index in [-0.39, 0.29) is 11.6 Å². The van der Waals surface area contributed by atoms with Gasteiger partial charge in [0.05, 0.1) is 13.7 Å². The lowest BCUT2D eigenvalue weighted by Crippen LogP contribution is -2.36. The van der Waals surface area contributed by atoms with Crippen LogP contribution in [0.15, 0.2) is 21.6 Å². The molecular formula is C16H19BrN2O4. The zero-order valence-corrected chi connectivity index (χ0v) is 14.7. The molecule has 124 valence electrons. The molecule has 1 aliphatic carbocycles. The van der Waals surface area contributed by atoms with Crippen molar-refractivity contribution in [2.45, 2.75) is 31.7 Å². The second-order valence-corrected chi connectivity index (χ2v) is 6.51. The maximum absolute atomic E-state index is 11.5. The predicted octanol–water partition coefficient (Wildman–Crippen LogP) is 2.82. The average molecular weight is 383 g/mol. The normalized spacial score (nSPS) is 22.1. The SMILES string of the molecule is CCOC(=O)NC1=NC2(CCc3c(Br)ccc(OC)c3C2)CO1. The van der Waals surface area contributed by atoms with E-state index in [9.17, 15) is 4.79 Å². The molecule has 2 aliphatic rings. The molecule has 0 saturated carbocycles. The van der Waals surface area contributed by atoms with Gasteiger partial charge in [-0.2, -0.15) is 0 Å². The summed E-state index contributed by atoms with van der Waals surface area (Å²) in [6.07, 6.45) is 1.92. The first-order valence-electron chi connectivity index (χ1n) is 7.57. The van der Waals surface area contributed by atoms with Crippen molar-refractivity contribution in [3.8, 4) is 5.75 Å². The van der Waals surface area contributed by atoms with Crippen LogP contribution in [0.5, 0.6) is 5.75 Å². The number of aliphatic imine (C=N–C) groups is 1. The standard InChI is InChI=1S/C16H19BrN2O4/c1-3-22-15(20)18-14-19-16(9-23-14)7-6-10-11(8-16)13(21-2)5-4-12(10)17/h4-5H,3,6-9H2,1-2H3,(H,18,19,20). The van der Waals surface area contributed by atoms with E-state index in [1.165, 1.54) is 5.56 Å². The molecule has 1 amide bonds. The number of carbonyl (C=O) groups is 1. The first kappa shape index (κ1) is 16.1. The number of methoxy groups -OCH3 is 1. The van der Waals surface area contributed by atoms with Gasteiger partial charge in [-0.15, -0.1) is 0 Å². The van der Waals surface area contributed by atoms with Gasteiger partial charge >= 0.3 is 6.09 Å². The number of rotatable bonds is 2. The maximum Gasteiger partial charge on any atom is 0.415 e. The van der Waals surface area contributed by atoms with Crippen molar-refractivity contribution < 1.29 is 19.0 Å². The second kappa shape index (κ2) is 6.39. The van der Waals surface area contributed by atoms with Crippen LogP contribution in [0.1, 0.15) is 24.5 Å². The third-order valence-corrected chi connectivity index (χ3v) is 4.94. The van der Waals surface area contributed by atoms with Gasteiger partial charge in [0, 0.05) is 16.5 Å². The molecule has 0 saturated heterocycles. The lowest BCUT2D eigenvalue weighted by Gasteiger charge is -2.31. The summed E-state index contributed by atoms with van der Waals surface area (Å²) in [7, 11) is 1.67. The fourth-order valence-electron chi connectivity index (χ4n) is 3.09. The lowest BCUT2D eigenvalue weighted by atomic mass is 9.78. The van der Waals surface area contributed by atoms with E-state index in [4.69, 9.17) is 14.2 Å². The summed E-state index contributed by atoms with van der Waals surface area (Å²) in [6, 6.07) is 4.21. The molecule has 1 aromatic rings. The summed E-state index contributed by atoms with van der Waals surface area (Å²) >= 11 is 3.61. The van der Waals surface area contributed by atoms with Crippen molar-refractivity contribution in [1.29, 1.82) is 0 Å². The van der Waals surface area contributed by atoms with E-state index in [0.717, 1.165) is 35.0 Å². The Morgan fingerprint density at radius 2 is 2.30 bits per heavy atom. The van der Waals surface area contributed by atoms with Crippen molar-refractivity contribution >= 4 is 28.0 Å². The molecule has 1 spiro atoms. The molecule has 1 N–H and O–H groups in total. The fraction of sp³-hybridized carbons (Fsp3) is 0.500. The molecule has 0 aromatic heterocycles. The summed E-state index contributed by atoms with van der Waals surface area (Å²) in [6.45, 7) is 2.51. The van der Waals surface area contributed by atoms with Crippen LogP contribution >= 0.6 is 15.9 Å². The number of amides is 1. The Labute approximate surface area is 143 Å². The molecule has 3 rings (SSSR count). The molecule has 1 unspecified atom stereocenters. The topological polar surface area (TPSA) is 69.2 Å². The van der Waals surface area contributed by atoms with Gasteiger partial charge in [-0.1, -0.05) is 15.9 Å². The predicted molar refractivity (Wildman–Crippen MR) is 89.0 cm³/mol. The summed E-state index contributed by atoms with van der Waals surface area (Å²) in [5.41, 5.74) is 2.06. The number of halogens is 1. The van der Waals surface area contributed by atoms with E-state index in [0.29, 0.717) is 13.2 Å². The van der Waals surface area contributed by atoms with Crippen molar-refractivity contribution in [2.24, 2.45) is 4.99 Å². The van der Waals surface area contributed by atoms with Gasteiger partial charge in [0.15, 0.2) is 0 Å². The van der Waals surface area contributed by atoms with Crippen LogP contribution < -0.4 is 10.1 Å². The maximum atomic E-state index is 11.5. The van der Waals surface area contributed by atoms with Gasteiger partial charge in [-0.25, -0.2) is 15.1 Å². The molecule has 7 heteroatoms. The number of amidine groups is 1. The highest BCUT2D eigenvalue weighted by atomic mass is 79.9. The number of carbonyl (C=O) groups excluding carboxylic acids is 1. The first-order valence-corrected chi connectivity index (χ1v) is 8.37. The zero-order valence-electron chi connectivity index (χ0n) is 13.1. The third kappa shape index (κ3) is 3.15. The van der Waals surface area contributed by atoms with E-state index >= 15 is 0 Å². The molecule has 6 nitrogen and oxygen atoms in total. The minimum absolute atomic E-state index is 0.237. The quantitative estimate of drug-likeness (QED) is 0.853. The van der Waals surface area contributed by atoms with Gasteiger partial charge in [-0.3, -0.25) is 0 Å². The Kier molecular flexibility index (Phi) is 4.48. The Morgan fingerprint density at radius 1 is 1.48 bits per heavy atom. The number of hydrogen-bond donors (Lipinski definition) is 1. The minimum Gasteiger partial charge on any atom is -0.496 e. The summed E-state index contributed by atoms with van der Waals surface area (Å²) in [4.78, 5) is 16.1. The monoisotopic (exact) mass is 382 g/mol.